The van der Waals surface area contributed by atoms with Gasteiger partial charge in [0, 0.05) is 40.3 Å². The summed E-state index contributed by atoms with van der Waals surface area (Å²) in [7, 11) is 0. The Morgan fingerprint density at radius 3 is 1.95 bits per heavy atom. The first-order valence-corrected chi connectivity index (χ1v) is 21.8. The topological polar surface area (TPSA) is 100 Å². The van der Waals surface area contributed by atoms with Crippen LogP contribution in [0.25, 0.3) is 22.0 Å². The van der Waals surface area contributed by atoms with Crippen LogP contribution in [0.15, 0.2) is 83.7 Å². The number of ether oxygens (including phenoxy) is 1. The Balaban J connectivity index is 1.27. The molecule has 1 aliphatic carbocycles. The second-order valence-electron chi connectivity index (χ2n) is 15.4. The van der Waals surface area contributed by atoms with Crippen molar-refractivity contribution in [1.82, 2.24) is 10.3 Å². The lowest BCUT2D eigenvalue weighted by Crippen LogP contribution is -2.24. The van der Waals surface area contributed by atoms with Crippen LogP contribution in [0.1, 0.15) is 148 Å². The number of ketones is 1. The lowest BCUT2D eigenvalue weighted by molar-refractivity contribution is 0.0952. The quantitative estimate of drug-likeness (QED) is 0.0562. The van der Waals surface area contributed by atoms with E-state index < -0.39 is 0 Å². The van der Waals surface area contributed by atoms with Crippen LogP contribution < -0.4 is 20.9 Å². The van der Waals surface area contributed by atoms with Gasteiger partial charge in [-0.15, -0.1) is 0 Å². The summed E-state index contributed by atoms with van der Waals surface area (Å²) >= 11 is 6.88. The maximum absolute atomic E-state index is 14.5. The molecule has 300 valence electrons. The molecule has 8 heteroatoms. The minimum atomic E-state index is -0.176. The molecule has 1 heterocycles. The van der Waals surface area contributed by atoms with Crippen LogP contribution >= 0.6 is 11.6 Å². The monoisotopic (exact) mass is 787 g/mol. The van der Waals surface area contributed by atoms with E-state index in [9.17, 15) is 14.4 Å². The molecular formula is C49H58ClN3O4. The summed E-state index contributed by atoms with van der Waals surface area (Å²) in [4.78, 5) is 44.8. The summed E-state index contributed by atoms with van der Waals surface area (Å²) in [6.45, 7) is 5.07. The summed E-state index contributed by atoms with van der Waals surface area (Å²) in [5.41, 5.74) is 4.97. The minimum absolute atomic E-state index is 0.159. The van der Waals surface area contributed by atoms with E-state index in [1.807, 2.05) is 54.6 Å². The van der Waals surface area contributed by atoms with E-state index in [0.29, 0.717) is 74.0 Å². The van der Waals surface area contributed by atoms with Gasteiger partial charge in [-0.1, -0.05) is 158 Å². The number of carbonyl (C=O) groups excluding carboxylic acids is 2. The molecule has 57 heavy (non-hydrogen) atoms. The van der Waals surface area contributed by atoms with Crippen LogP contribution in [0.5, 0.6) is 11.5 Å². The third-order valence-corrected chi connectivity index (χ3v) is 11.4. The van der Waals surface area contributed by atoms with Gasteiger partial charge in [0.25, 0.3) is 11.5 Å². The molecule has 5 aromatic rings. The van der Waals surface area contributed by atoms with Crippen LogP contribution in [0.4, 0.5) is 11.4 Å². The molecule has 7 nitrogen and oxygen atoms in total. The number of para-hydroxylation sites is 1. The first-order chi connectivity index (χ1) is 27.9. The van der Waals surface area contributed by atoms with E-state index in [4.69, 9.17) is 16.3 Å². The highest BCUT2D eigenvalue weighted by atomic mass is 35.5. The van der Waals surface area contributed by atoms with Crippen molar-refractivity contribution in [2.24, 2.45) is 0 Å². The van der Waals surface area contributed by atoms with Crippen LogP contribution in [-0.4, -0.2) is 23.2 Å². The molecule has 1 aliphatic rings. The fourth-order valence-electron chi connectivity index (χ4n) is 7.99. The number of amides is 1. The van der Waals surface area contributed by atoms with Crippen molar-refractivity contribution < 1.29 is 14.3 Å². The number of pyridine rings is 1. The molecule has 0 bridgehead atoms. The van der Waals surface area contributed by atoms with Crippen LogP contribution in [0, 0.1) is 0 Å². The number of aromatic nitrogens is 1. The Morgan fingerprint density at radius 1 is 0.667 bits per heavy atom. The molecule has 1 amide bonds. The van der Waals surface area contributed by atoms with Crippen LogP contribution in [0.3, 0.4) is 0 Å². The summed E-state index contributed by atoms with van der Waals surface area (Å²) in [5, 5.41) is 7.47. The largest absolute Gasteiger partial charge is 0.455 e. The standard InChI is InChI=1S/C49H58ClN3O4/c1-3-5-7-9-11-12-13-14-16-23-31-51-48(55)34-29-30-40(39(50)32-34)52-41-33-42(57-35-24-18-17-19-25-35)46-45-43(36-26-21-22-27-37(36)47(54)44(41)45)38(49(56)53-46)28-20-15-10-8-6-4-2/h17-19,21-22,24-27,29-30,32-33,52H,3-16,20,23,28,31H2,1-2H3,(H,51,55)(H,53,56). The fourth-order valence-corrected chi connectivity index (χ4v) is 8.21. The van der Waals surface area contributed by atoms with E-state index in [0.717, 1.165) is 43.2 Å². The second-order valence-corrected chi connectivity index (χ2v) is 15.8. The highest BCUT2D eigenvalue weighted by Gasteiger charge is 2.33. The smallest absolute Gasteiger partial charge is 0.252 e. The number of hydrogen-bond donors (Lipinski definition) is 3. The number of H-pyrrole nitrogens is 1. The Bertz CT molecular complexity index is 2200. The Kier molecular flexibility index (Phi) is 15.4. The number of nitrogens with one attached hydrogen (secondary N) is 3. The van der Waals surface area contributed by atoms with Crippen molar-refractivity contribution in [3.63, 3.8) is 0 Å². The lowest BCUT2D eigenvalue weighted by atomic mass is 9.80. The molecule has 0 radical (unpaired) electrons. The van der Waals surface area contributed by atoms with Gasteiger partial charge in [-0.3, -0.25) is 14.4 Å². The van der Waals surface area contributed by atoms with E-state index in [1.165, 1.54) is 70.6 Å². The van der Waals surface area contributed by atoms with Gasteiger partial charge in [-0.25, -0.2) is 0 Å². The first kappa shape index (κ1) is 41.7. The van der Waals surface area contributed by atoms with Crippen molar-refractivity contribution in [1.29, 1.82) is 0 Å². The van der Waals surface area contributed by atoms with Gasteiger partial charge in [0.15, 0.2) is 11.5 Å². The maximum atomic E-state index is 14.5. The van der Waals surface area contributed by atoms with Crippen LogP contribution in [0.2, 0.25) is 5.02 Å². The summed E-state index contributed by atoms with van der Waals surface area (Å²) in [5.74, 6) is 0.662. The predicted octanol–water partition coefficient (Wildman–Crippen LogP) is 13.5. The van der Waals surface area contributed by atoms with Gasteiger partial charge in [0.2, 0.25) is 0 Å². The van der Waals surface area contributed by atoms with Crippen molar-refractivity contribution in [2.75, 3.05) is 11.9 Å². The summed E-state index contributed by atoms with van der Waals surface area (Å²) in [6, 6.07) is 23.8. The van der Waals surface area contributed by atoms with Crippen LogP contribution in [-0.2, 0) is 6.42 Å². The van der Waals surface area contributed by atoms with Gasteiger partial charge in [-0.05, 0) is 55.2 Å². The third kappa shape index (κ3) is 10.6. The Hall–Kier alpha value is -4.88. The molecule has 3 N–H and O–H groups in total. The number of benzene rings is 4. The summed E-state index contributed by atoms with van der Waals surface area (Å²) < 4.78 is 6.47. The van der Waals surface area contributed by atoms with Gasteiger partial charge < -0.3 is 20.4 Å². The number of carbonyl (C=O) groups is 2. The van der Waals surface area contributed by atoms with Gasteiger partial charge >= 0.3 is 0 Å². The molecule has 0 spiro atoms. The first-order valence-electron chi connectivity index (χ1n) is 21.4. The molecule has 0 saturated heterocycles. The van der Waals surface area contributed by atoms with E-state index in [-0.39, 0.29) is 17.2 Å². The minimum Gasteiger partial charge on any atom is -0.455 e. The van der Waals surface area contributed by atoms with Gasteiger partial charge in [0.05, 0.1) is 27.5 Å². The van der Waals surface area contributed by atoms with E-state index in [2.05, 4.69) is 29.5 Å². The number of anilines is 2. The number of aromatic amines is 1. The number of unbranched alkanes of at least 4 members (excludes halogenated alkanes) is 14. The average molecular weight is 788 g/mol. The molecule has 0 fully saturated rings. The number of hydrogen-bond acceptors (Lipinski definition) is 5. The molecule has 0 aliphatic heterocycles. The fraction of sp³-hybridized carbons (Fsp3) is 0.408. The van der Waals surface area contributed by atoms with Crippen molar-refractivity contribution >= 4 is 45.6 Å². The molecule has 6 rings (SSSR count). The van der Waals surface area contributed by atoms with Crippen molar-refractivity contribution in [3.8, 4) is 22.6 Å². The van der Waals surface area contributed by atoms with E-state index >= 15 is 0 Å². The van der Waals surface area contributed by atoms with Gasteiger partial charge in [-0.2, -0.15) is 0 Å². The molecule has 1 aromatic heterocycles. The molecular weight excluding hydrogens is 730 g/mol. The average Bonchev–Trinajstić information content (AvgIpc) is 3.22. The zero-order chi connectivity index (χ0) is 40.0. The molecule has 0 atom stereocenters. The Labute approximate surface area is 343 Å². The SMILES string of the molecule is CCCCCCCCCCCCNC(=O)c1ccc(Nc2cc(Oc3ccccc3)c3[nH]c(=O)c(CCCCCCCC)c4c3c2C(=O)c2ccccc2-4)c(Cl)c1. The second kappa shape index (κ2) is 21.0. The maximum Gasteiger partial charge on any atom is 0.252 e. The zero-order valence-electron chi connectivity index (χ0n) is 33.7. The molecule has 0 saturated carbocycles. The summed E-state index contributed by atoms with van der Waals surface area (Å²) in [6.07, 6.45) is 19.6. The van der Waals surface area contributed by atoms with Crippen molar-refractivity contribution in [2.45, 2.75) is 123 Å². The zero-order valence-corrected chi connectivity index (χ0v) is 34.5. The molecule has 0 unspecified atom stereocenters. The lowest BCUT2D eigenvalue weighted by Gasteiger charge is -2.26. The van der Waals surface area contributed by atoms with E-state index in [1.54, 1.807) is 24.3 Å². The third-order valence-electron chi connectivity index (χ3n) is 11.1. The van der Waals surface area contributed by atoms with Crippen molar-refractivity contribution in [3.05, 3.63) is 116 Å². The highest BCUT2D eigenvalue weighted by Crippen LogP contribution is 2.47. The number of fused-ring (bicyclic) bond motifs is 2. The van der Waals surface area contributed by atoms with Gasteiger partial charge in [0.1, 0.15) is 5.75 Å². The molecule has 4 aromatic carbocycles. The number of rotatable bonds is 23. The predicted molar refractivity (Wildman–Crippen MR) is 236 cm³/mol. The normalized spacial score (nSPS) is 11.8. The highest BCUT2D eigenvalue weighted by molar-refractivity contribution is 6.34. The Morgan fingerprint density at radius 2 is 1.28 bits per heavy atom. The number of halogens is 1.